The molecule has 11 aromatic rings. The molecule has 0 N–H and O–H groups in total. The van der Waals surface area contributed by atoms with E-state index in [1.807, 2.05) is 11.3 Å². The Kier molecular flexibility index (Phi) is 6.76. The van der Waals surface area contributed by atoms with Gasteiger partial charge in [-0.25, -0.2) is 0 Å². The van der Waals surface area contributed by atoms with Gasteiger partial charge in [0.2, 0.25) is 0 Å². The number of furan rings is 1. The summed E-state index contributed by atoms with van der Waals surface area (Å²) in [5, 5.41) is 9.71. The second kappa shape index (κ2) is 11.9. The van der Waals surface area contributed by atoms with Crippen molar-refractivity contribution in [2.45, 2.75) is 0 Å². The molecule has 0 fully saturated rings. The summed E-state index contributed by atoms with van der Waals surface area (Å²) in [7, 11) is 0. The molecule has 0 aliphatic rings. The second-order valence-corrected chi connectivity index (χ2v) is 14.8. The average molecular weight is 694 g/mol. The Hall–Kier alpha value is -6.68. The summed E-state index contributed by atoms with van der Waals surface area (Å²) >= 11 is 1.85. The van der Waals surface area contributed by atoms with Crippen molar-refractivity contribution in [3.63, 3.8) is 0 Å². The van der Waals surface area contributed by atoms with E-state index in [0.29, 0.717) is 0 Å². The molecule has 0 unspecified atom stereocenters. The highest BCUT2D eigenvalue weighted by atomic mass is 32.1. The van der Waals surface area contributed by atoms with Gasteiger partial charge in [-0.05, 0) is 105 Å². The first kappa shape index (κ1) is 30.0. The monoisotopic (exact) mass is 693 g/mol. The molecule has 2 heterocycles. The SMILES string of the molecule is c1ccc2c(-c3ccc(N(c4ccc(-c5ccc6c(c5)oc5c7ccccc7ccc65)cc4)c4ccc5sc6ccccc6c5c4)cc3)cccc2c1. The van der Waals surface area contributed by atoms with Crippen molar-refractivity contribution in [1.29, 1.82) is 0 Å². The van der Waals surface area contributed by atoms with Crippen LogP contribution >= 0.6 is 11.3 Å². The van der Waals surface area contributed by atoms with E-state index in [9.17, 15) is 0 Å². The predicted octanol–water partition coefficient (Wildman–Crippen LogP) is 15.1. The summed E-state index contributed by atoms with van der Waals surface area (Å²) in [6, 6.07) is 68.0. The van der Waals surface area contributed by atoms with Crippen LogP contribution in [0.25, 0.3) is 85.9 Å². The number of rotatable bonds is 5. The van der Waals surface area contributed by atoms with Crippen LogP contribution in [0.5, 0.6) is 0 Å². The van der Waals surface area contributed by atoms with Gasteiger partial charge in [-0.2, -0.15) is 0 Å². The largest absolute Gasteiger partial charge is 0.455 e. The summed E-state index contributed by atoms with van der Waals surface area (Å²) in [5.41, 5.74) is 9.91. The van der Waals surface area contributed by atoms with Gasteiger partial charge in [0, 0.05) is 53.4 Å². The lowest BCUT2D eigenvalue weighted by atomic mass is 9.98. The molecular weight excluding hydrogens is 663 g/mol. The zero-order chi connectivity index (χ0) is 34.9. The Morgan fingerprint density at radius 1 is 0.358 bits per heavy atom. The van der Waals surface area contributed by atoms with Crippen LogP contribution in [-0.4, -0.2) is 0 Å². The van der Waals surface area contributed by atoms with Crippen LogP contribution in [0.1, 0.15) is 0 Å². The van der Waals surface area contributed by atoms with Crippen molar-refractivity contribution >= 4 is 92.1 Å². The van der Waals surface area contributed by atoms with Gasteiger partial charge >= 0.3 is 0 Å². The van der Waals surface area contributed by atoms with Crippen LogP contribution in [0.15, 0.2) is 192 Å². The van der Waals surface area contributed by atoms with Gasteiger partial charge in [-0.3, -0.25) is 0 Å². The van der Waals surface area contributed by atoms with Gasteiger partial charge in [-0.15, -0.1) is 11.3 Å². The Labute approximate surface area is 310 Å². The van der Waals surface area contributed by atoms with E-state index in [4.69, 9.17) is 4.42 Å². The Balaban J connectivity index is 1.01. The number of nitrogens with zero attached hydrogens (tertiary/aromatic N) is 1. The van der Waals surface area contributed by atoms with E-state index in [0.717, 1.165) is 55.5 Å². The average Bonchev–Trinajstić information content (AvgIpc) is 3.79. The molecule has 248 valence electrons. The normalized spacial score (nSPS) is 11.8. The zero-order valence-electron chi connectivity index (χ0n) is 28.7. The van der Waals surface area contributed by atoms with Gasteiger partial charge in [0.15, 0.2) is 0 Å². The second-order valence-electron chi connectivity index (χ2n) is 13.7. The van der Waals surface area contributed by atoms with Crippen molar-refractivity contribution in [3.8, 4) is 22.3 Å². The molecular formula is C50H31NOS. The number of anilines is 3. The minimum Gasteiger partial charge on any atom is -0.455 e. The fraction of sp³-hybridized carbons (Fsp3) is 0. The van der Waals surface area contributed by atoms with Gasteiger partial charge in [-0.1, -0.05) is 121 Å². The van der Waals surface area contributed by atoms with E-state index in [1.54, 1.807) is 0 Å². The van der Waals surface area contributed by atoms with Crippen molar-refractivity contribution in [3.05, 3.63) is 188 Å². The Morgan fingerprint density at radius 3 is 1.77 bits per heavy atom. The molecule has 0 spiro atoms. The van der Waals surface area contributed by atoms with E-state index in [1.165, 1.54) is 47.5 Å². The third kappa shape index (κ3) is 4.93. The first-order valence-corrected chi connectivity index (χ1v) is 18.8. The maximum absolute atomic E-state index is 6.52. The highest BCUT2D eigenvalue weighted by Gasteiger charge is 2.17. The van der Waals surface area contributed by atoms with Crippen molar-refractivity contribution in [2.24, 2.45) is 0 Å². The third-order valence-corrected chi connectivity index (χ3v) is 11.8. The van der Waals surface area contributed by atoms with Gasteiger partial charge in [0.05, 0.1) is 0 Å². The van der Waals surface area contributed by atoms with E-state index >= 15 is 0 Å². The summed E-state index contributed by atoms with van der Waals surface area (Å²) in [4.78, 5) is 2.37. The molecule has 2 aromatic heterocycles. The third-order valence-electron chi connectivity index (χ3n) is 10.7. The molecule has 11 rings (SSSR count). The molecule has 9 aromatic carbocycles. The summed E-state index contributed by atoms with van der Waals surface area (Å²) in [6.45, 7) is 0. The fourth-order valence-electron chi connectivity index (χ4n) is 8.05. The van der Waals surface area contributed by atoms with Crippen molar-refractivity contribution in [1.82, 2.24) is 0 Å². The molecule has 3 heteroatoms. The summed E-state index contributed by atoms with van der Waals surface area (Å²) < 4.78 is 9.13. The topological polar surface area (TPSA) is 16.4 Å². The number of hydrogen-bond acceptors (Lipinski definition) is 3. The van der Waals surface area contributed by atoms with E-state index < -0.39 is 0 Å². The lowest BCUT2D eigenvalue weighted by Crippen LogP contribution is -2.09. The Morgan fingerprint density at radius 2 is 0.962 bits per heavy atom. The van der Waals surface area contributed by atoms with E-state index in [-0.39, 0.29) is 0 Å². The molecule has 53 heavy (non-hydrogen) atoms. The lowest BCUT2D eigenvalue weighted by molar-refractivity contribution is 0.673. The molecule has 2 nitrogen and oxygen atoms in total. The quantitative estimate of drug-likeness (QED) is 0.178. The van der Waals surface area contributed by atoms with Crippen LogP contribution in [0.2, 0.25) is 0 Å². The number of hydrogen-bond donors (Lipinski definition) is 0. The smallest absolute Gasteiger partial charge is 0.143 e. The summed E-state index contributed by atoms with van der Waals surface area (Å²) in [6.07, 6.45) is 0. The predicted molar refractivity (Wildman–Crippen MR) is 227 cm³/mol. The van der Waals surface area contributed by atoms with Crippen LogP contribution < -0.4 is 4.90 Å². The molecule has 0 amide bonds. The van der Waals surface area contributed by atoms with Crippen LogP contribution in [-0.2, 0) is 0 Å². The van der Waals surface area contributed by atoms with E-state index in [2.05, 4.69) is 193 Å². The molecule has 0 saturated carbocycles. The van der Waals surface area contributed by atoms with Gasteiger partial charge < -0.3 is 9.32 Å². The minimum absolute atomic E-state index is 0.905. The zero-order valence-corrected chi connectivity index (χ0v) is 29.5. The molecule has 0 saturated heterocycles. The maximum Gasteiger partial charge on any atom is 0.143 e. The fourth-order valence-corrected chi connectivity index (χ4v) is 9.14. The first-order chi connectivity index (χ1) is 26.2. The maximum atomic E-state index is 6.52. The lowest BCUT2D eigenvalue weighted by Gasteiger charge is -2.26. The molecule has 0 atom stereocenters. The van der Waals surface area contributed by atoms with Crippen molar-refractivity contribution in [2.75, 3.05) is 4.90 Å². The highest BCUT2D eigenvalue weighted by Crippen LogP contribution is 2.42. The van der Waals surface area contributed by atoms with Crippen LogP contribution in [0.3, 0.4) is 0 Å². The van der Waals surface area contributed by atoms with Gasteiger partial charge in [0.1, 0.15) is 11.2 Å². The summed E-state index contributed by atoms with van der Waals surface area (Å²) in [5.74, 6) is 0. The molecule has 0 aliphatic heterocycles. The number of benzene rings is 9. The highest BCUT2D eigenvalue weighted by molar-refractivity contribution is 7.25. The molecule has 0 aliphatic carbocycles. The standard InChI is InChI=1S/C50H31NOS/c1-3-11-40-33(8-1)10-7-14-41(40)35-18-24-38(25-19-35)51(39-26-29-49-46(31-39)44-13-5-6-15-48(44)53-49)37-22-16-32(17-23-37)36-21-27-43-45-28-20-34-9-2-4-12-42(34)50(45)52-47(43)30-36/h1-31H. The van der Waals surface area contributed by atoms with Gasteiger partial charge in [0.25, 0.3) is 0 Å². The Bertz CT molecular complexity index is 3160. The van der Waals surface area contributed by atoms with Crippen molar-refractivity contribution < 1.29 is 4.42 Å². The van der Waals surface area contributed by atoms with Crippen LogP contribution in [0.4, 0.5) is 17.1 Å². The first-order valence-electron chi connectivity index (χ1n) is 18.0. The molecule has 0 radical (unpaired) electrons. The molecule has 0 bridgehead atoms. The number of thiophene rings is 1. The van der Waals surface area contributed by atoms with Crippen LogP contribution in [0, 0.1) is 0 Å². The minimum atomic E-state index is 0.905. The number of fused-ring (bicyclic) bond motifs is 9.